The molecular weight excluding hydrogens is 340 g/mol. The zero-order valence-corrected chi connectivity index (χ0v) is 16.4. The van der Waals surface area contributed by atoms with Gasteiger partial charge in [-0.3, -0.25) is 9.69 Å². The van der Waals surface area contributed by atoms with Crippen LogP contribution in [0.25, 0.3) is 0 Å². The molecule has 1 saturated heterocycles. The van der Waals surface area contributed by atoms with E-state index in [-0.39, 0.29) is 5.91 Å². The number of likely N-dealkylation sites (tertiary alicyclic amines) is 1. The summed E-state index contributed by atoms with van der Waals surface area (Å²) in [5.74, 6) is 1.41. The van der Waals surface area contributed by atoms with E-state index >= 15 is 0 Å². The molecular formula is C22H28N2OS. The van der Waals surface area contributed by atoms with Crippen LogP contribution in [0.3, 0.4) is 0 Å². The van der Waals surface area contributed by atoms with Crippen LogP contribution in [0.4, 0.5) is 5.69 Å². The lowest BCUT2D eigenvalue weighted by Crippen LogP contribution is -2.29. The predicted molar refractivity (Wildman–Crippen MR) is 112 cm³/mol. The van der Waals surface area contributed by atoms with Crippen LogP contribution in [0.5, 0.6) is 0 Å². The Labute approximate surface area is 161 Å². The topological polar surface area (TPSA) is 32.3 Å². The van der Waals surface area contributed by atoms with Crippen LogP contribution >= 0.6 is 11.8 Å². The van der Waals surface area contributed by atoms with E-state index in [0.717, 1.165) is 18.0 Å². The Hall–Kier alpha value is -1.78. The largest absolute Gasteiger partial charge is 0.325 e. The van der Waals surface area contributed by atoms with Crippen molar-refractivity contribution in [2.45, 2.75) is 38.5 Å². The molecule has 1 heterocycles. The molecule has 3 nitrogen and oxygen atoms in total. The molecule has 1 amide bonds. The smallest absolute Gasteiger partial charge is 0.234 e. The van der Waals surface area contributed by atoms with Gasteiger partial charge in [0.25, 0.3) is 0 Å². The molecule has 1 aliphatic rings. The van der Waals surface area contributed by atoms with Gasteiger partial charge in [-0.25, -0.2) is 0 Å². The van der Waals surface area contributed by atoms with Crippen molar-refractivity contribution in [3.63, 3.8) is 0 Å². The maximum atomic E-state index is 12.2. The van der Waals surface area contributed by atoms with E-state index in [2.05, 4.69) is 53.5 Å². The van der Waals surface area contributed by atoms with E-state index in [4.69, 9.17) is 0 Å². The lowest BCUT2D eigenvalue weighted by Gasteiger charge is -2.26. The first-order valence-corrected chi connectivity index (χ1v) is 10.6. The summed E-state index contributed by atoms with van der Waals surface area (Å²) in [6.07, 6.45) is 3.95. The van der Waals surface area contributed by atoms with Crippen molar-refractivity contribution in [1.82, 2.24) is 4.90 Å². The molecule has 0 aromatic heterocycles. The van der Waals surface area contributed by atoms with Crippen LogP contribution in [-0.4, -0.2) is 29.6 Å². The molecule has 0 saturated carbocycles. The SMILES string of the molecule is Cc1cccc(CSCC(=O)Nc2cccc(CN3CCCCC3)c2)c1. The number of amides is 1. The summed E-state index contributed by atoms with van der Waals surface area (Å²) in [7, 11) is 0. The zero-order valence-electron chi connectivity index (χ0n) is 15.5. The highest BCUT2D eigenvalue weighted by Gasteiger charge is 2.11. The second-order valence-corrected chi connectivity index (χ2v) is 8.05. The molecule has 0 aliphatic carbocycles. The third kappa shape index (κ3) is 6.19. The van der Waals surface area contributed by atoms with Crippen molar-refractivity contribution in [1.29, 1.82) is 0 Å². The summed E-state index contributed by atoms with van der Waals surface area (Å²) >= 11 is 1.65. The summed E-state index contributed by atoms with van der Waals surface area (Å²) < 4.78 is 0. The normalized spacial score (nSPS) is 15.0. The van der Waals surface area contributed by atoms with Crippen molar-refractivity contribution in [2.24, 2.45) is 0 Å². The van der Waals surface area contributed by atoms with E-state index in [1.165, 1.54) is 49.0 Å². The number of hydrogen-bond acceptors (Lipinski definition) is 3. The number of thioether (sulfide) groups is 1. The van der Waals surface area contributed by atoms with E-state index in [0.29, 0.717) is 5.75 Å². The molecule has 26 heavy (non-hydrogen) atoms. The van der Waals surface area contributed by atoms with Crippen molar-refractivity contribution in [3.8, 4) is 0 Å². The highest BCUT2D eigenvalue weighted by Crippen LogP contribution is 2.17. The van der Waals surface area contributed by atoms with Gasteiger partial charge in [-0.2, -0.15) is 0 Å². The van der Waals surface area contributed by atoms with E-state index in [1.807, 2.05) is 12.1 Å². The number of benzene rings is 2. The van der Waals surface area contributed by atoms with E-state index in [1.54, 1.807) is 11.8 Å². The Bertz CT molecular complexity index is 726. The van der Waals surface area contributed by atoms with Gasteiger partial charge in [-0.15, -0.1) is 11.8 Å². The number of nitrogens with zero attached hydrogens (tertiary/aromatic N) is 1. The van der Waals surface area contributed by atoms with E-state index in [9.17, 15) is 4.79 Å². The van der Waals surface area contributed by atoms with Gasteiger partial charge in [0.05, 0.1) is 5.75 Å². The number of nitrogens with one attached hydrogen (secondary N) is 1. The van der Waals surface area contributed by atoms with Gasteiger partial charge in [0.2, 0.25) is 5.91 Å². The number of aryl methyl sites for hydroxylation is 1. The summed E-state index contributed by atoms with van der Waals surface area (Å²) in [6, 6.07) is 16.7. The summed E-state index contributed by atoms with van der Waals surface area (Å²) in [4.78, 5) is 14.7. The molecule has 4 heteroatoms. The minimum absolute atomic E-state index is 0.0674. The number of rotatable bonds is 7. The van der Waals surface area contributed by atoms with Crippen LogP contribution in [0.15, 0.2) is 48.5 Å². The summed E-state index contributed by atoms with van der Waals surface area (Å²) in [5, 5.41) is 3.04. The molecule has 0 atom stereocenters. The van der Waals surface area contributed by atoms with Crippen LogP contribution in [0, 0.1) is 6.92 Å². The first-order chi connectivity index (χ1) is 12.7. The lowest BCUT2D eigenvalue weighted by atomic mass is 10.1. The molecule has 0 radical (unpaired) electrons. The molecule has 0 spiro atoms. The lowest BCUT2D eigenvalue weighted by molar-refractivity contribution is -0.113. The highest BCUT2D eigenvalue weighted by molar-refractivity contribution is 7.99. The van der Waals surface area contributed by atoms with Crippen molar-refractivity contribution >= 4 is 23.4 Å². The van der Waals surface area contributed by atoms with Gasteiger partial charge in [-0.1, -0.05) is 48.4 Å². The number of carbonyl (C=O) groups is 1. The minimum atomic E-state index is 0.0674. The Balaban J connectivity index is 1.45. The maximum Gasteiger partial charge on any atom is 0.234 e. The van der Waals surface area contributed by atoms with Gasteiger partial charge in [-0.05, 0) is 56.1 Å². The van der Waals surface area contributed by atoms with Gasteiger partial charge < -0.3 is 5.32 Å². The standard InChI is InChI=1S/C22H28N2OS/c1-18-7-5-9-20(13-18)16-26-17-22(25)23-21-10-6-8-19(14-21)15-24-11-3-2-4-12-24/h5-10,13-14H,2-4,11-12,15-17H2,1H3,(H,23,25). The maximum absolute atomic E-state index is 12.2. The average Bonchev–Trinajstić information content (AvgIpc) is 2.63. The third-order valence-electron chi connectivity index (χ3n) is 4.65. The molecule has 1 fully saturated rings. The Morgan fingerprint density at radius 2 is 1.81 bits per heavy atom. The van der Waals surface area contributed by atoms with E-state index < -0.39 is 0 Å². The molecule has 2 aromatic rings. The molecule has 0 unspecified atom stereocenters. The van der Waals surface area contributed by atoms with Gasteiger partial charge in [0.1, 0.15) is 0 Å². The Kier molecular flexibility index (Phi) is 7.15. The van der Waals surface area contributed by atoms with Gasteiger partial charge >= 0.3 is 0 Å². The second-order valence-electron chi connectivity index (χ2n) is 7.07. The predicted octanol–water partition coefficient (Wildman–Crippen LogP) is 4.85. The van der Waals surface area contributed by atoms with Crippen molar-refractivity contribution in [2.75, 3.05) is 24.2 Å². The van der Waals surface area contributed by atoms with Crippen LogP contribution < -0.4 is 5.32 Å². The third-order valence-corrected chi connectivity index (χ3v) is 5.65. The second kappa shape index (κ2) is 9.79. The average molecular weight is 369 g/mol. The fourth-order valence-electron chi connectivity index (χ4n) is 3.38. The fraction of sp³-hybridized carbons (Fsp3) is 0.409. The number of anilines is 1. The monoisotopic (exact) mass is 368 g/mol. The highest BCUT2D eigenvalue weighted by atomic mass is 32.2. The van der Waals surface area contributed by atoms with Crippen molar-refractivity contribution in [3.05, 3.63) is 65.2 Å². The van der Waals surface area contributed by atoms with Gasteiger partial charge in [0.15, 0.2) is 0 Å². The summed E-state index contributed by atoms with van der Waals surface area (Å²) in [5.41, 5.74) is 4.71. The van der Waals surface area contributed by atoms with Gasteiger partial charge in [0, 0.05) is 18.0 Å². The number of hydrogen-bond donors (Lipinski definition) is 1. The molecule has 2 aromatic carbocycles. The minimum Gasteiger partial charge on any atom is -0.325 e. The molecule has 1 aliphatic heterocycles. The quantitative estimate of drug-likeness (QED) is 0.758. The number of piperidine rings is 1. The first-order valence-electron chi connectivity index (χ1n) is 9.43. The molecule has 138 valence electrons. The van der Waals surface area contributed by atoms with Crippen molar-refractivity contribution < 1.29 is 4.79 Å². The molecule has 1 N–H and O–H groups in total. The van der Waals surface area contributed by atoms with Crippen LogP contribution in [0.1, 0.15) is 36.0 Å². The van der Waals surface area contributed by atoms with Crippen LogP contribution in [-0.2, 0) is 17.1 Å². The zero-order chi connectivity index (χ0) is 18.2. The summed E-state index contributed by atoms with van der Waals surface area (Å²) in [6.45, 7) is 5.45. The Morgan fingerprint density at radius 1 is 1.04 bits per heavy atom. The fourth-order valence-corrected chi connectivity index (χ4v) is 4.16. The number of carbonyl (C=O) groups excluding carboxylic acids is 1. The first kappa shape index (κ1) is 19.0. The molecule has 3 rings (SSSR count). The molecule has 0 bridgehead atoms. The Morgan fingerprint density at radius 3 is 2.62 bits per heavy atom. The van der Waals surface area contributed by atoms with Crippen LogP contribution in [0.2, 0.25) is 0 Å².